The van der Waals surface area contributed by atoms with Gasteiger partial charge >= 0.3 is 0 Å². The molecule has 0 saturated heterocycles. The number of hydrogen-bond donors (Lipinski definition) is 1. The number of nitrogens with one attached hydrogen (secondary N) is 1. The number of rotatable bonds is 5. The van der Waals surface area contributed by atoms with Gasteiger partial charge < -0.3 is 9.73 Å². The molecule has 0 bridgehead atoms. The monoisotopic (exact) mass is 297 g/mol. The molecule has 19 heavy (non-hydrogen) atoms. The standard InChI is InChI=1S/C15H17Cl2NO/c1-3-18-15(13-6-7-19-10(13)2)9-11-8-12(16)4-5-14(11)17/h4-8,15,18H,3,9H2,1-2H3. The van der Waals surface area contributed by atoms with Gasteiger partial charge in [0, 0.05) is 21.7 Å². The Morgan fingerprint density at radius 1 is 1.26 bits per heavy atom. The van der Waals surface area contributed by atoms with E-state index in [9.17, 15) is 0 Å². The summed E-state index contributed by atoms with van der Waals surface area (Å²) in [7, 11) is 0. The van der Waals surface area contributed by atoms with Crippen molar-refractivity contribution in [2.75, 3.05) is 6.54 Å². The Hall–Kier alpha value is -0.960. The molecule has 0 spiro atoms. The van der Waals surface area contributed by atoms with Crippen LogP contribution in [-0.2, 0) is 6.42 Å². The predicted molar refractivity (Wildman–Crippen MR) is 80.0 cm³/mol. The normalized spacial score (nSPS) is 12.6. The second kappa shape index (κ2) is 6.47. The van der Waals surface area contributed by atoms with Gasteiger partial charge in [0.25, 0.3) is 0 Å². The number of likely N-dealkylation sites (N-methyl/N-ethyl adjacent to an activating group) is 1. The lowest BCUT2D eigenvalue weighted by atomic mass is 9.99. The van der Waals surface area contributed by atoms with Crippen LogP contribution in [0.25, 0.3) is 0 Å². The molecular weight excluding hydrogens is 281 g/mol. The van der Waals surface area contributed by atoms with Gasteiger partial charge in [-0.2, -0.15) is 0 Å². The number of hydrogen-bond acceptors (Lipinski definition) is 2. The maximum Gasteiger partial charge on any atom is 0.105 e. The predicted octanol–water partition coefficient (Wildman–Crippen LogP) is 4.79. The zero-order valence-electron chi connectivity index (χ0n) is 11.0. The summed E-state index contributed by atoms with van der Waals surface area (Å²) in [5.74, 6) is 0.934. The van der Waals surface area contributed by atoms with Crippen molar-refractivity contribution in [3.63, 3.8) is 0 Å². The molecule has 2 rings (SSSR count). The lowest BCUT2D eigenvalue weighted by Crippen LogP contribution is -2.23. The van der Waals surface area contributed by atoms with Gasteiger partial charge in [-0.3, -0.25) is 0 Å². The van der Waals surface area contributed by atoms with Crippen molar-refractivity contribution in [2.45, 2.75) is 26.3 Å². The second-order valence-electron chi connectivity index (χ2n) is 4.48. The van der Waals surface area contributed by atoms with Crippen LogP contribution in [0.2, 0.25) is 10.0 Å². The molecule has 1 atom stereocenters. The first-order chi connectivity index (χ1) is 9.11. The summed E-state index contributed by atoms with van der Waals surface area (Å²) in [6.07, 6.45) is 2.50. The Morgan fingerprint density at radius 2 is 2.05 bits per heavy atom. The van der Waals surface area contributed by atoms with Gasteiger partial charge in [0.1, 0.15) is 5.76 Å². The van der Waals surface area contributed by atoms with Crippen molar-refractivity contribution < 1.29 is 4.42 Å². The molecule has 1 aromatic carbocycles. The quantitative estimate of drug-likeness (QED) is 0.858. The molecule has 102 valence electrons. The molecule has 0 amide bonds. The van der Waals surface area contributed by atoms with Crippen LogP contribution < -0.4 is 5.32 Å². The molecule has 0 radical (unpaired) electrons. The van der Waals surface area contributed by atoms with E-state index in [1.165, 1.54) is 0 Å². The Labute approximate surface area is 123 Å². The first kappa shape index (κ1) is 14.4. The molecule has 1 N–H and O–H groups in total. The fourth-order valence-electron chi connectivity index (χ4n) is 2.21. The Bertz CT molecular complexity index is 551. The minimum absolute atomic E-state index is 0.180. The second-order valence-corrected chi connectivity index (χ2v) is 5.33. The zero-order chi connectivity index (χ0) is 13.8. The number of furan rings is 1. The molecule has 0 fully saturated rings. The van der Waals surface area contributed by atoms with Gasteiger partial charge in [0.2, 0.25) is 0 Å². The van der Waals surface area contributed by atoms with Gasteiger partial charge in [0.05, 0.1) is 6.26 Å². The zero-order valence-corrected chi connectivity index (χ0v) is 12.6. The van der Waals surface area contributed by atoms with E-state index in [1.807, 2.05) is 25.1 Å². The molecule has 1 heterocycles. The van der Waals surface area contributed by atoms with E-state index < -0.39 is 0 Å². The molecule has 0 aliphatic heterocycles. The fourth-order valence-corrected chi connectivity index (χ4v) is 2.60. The minimum atomic E-state index is 0.180. The van der Waals surface area contributed by atoms with Crippen molar-refractivity contribution in [1.82, 2.24) is 5.32 Å². The third-order valence-corrected chi connectivity index (χ3v) is 3.76. The Balaban J connectivity index is 2.26. The van der Waals surface area contributed by atoms with E-state index in [4.69, 9.17) is 27.6 Å². The van der Waals surface area contributed by atoms with Crippen LogP contribution in [0.1, 0.15) is 29.9 Å². The van der Waals surface area contributed by atoms with E-state index >= 15 is 0 Å². The topological polar surface area (TPSA) is 25.2 Å². The smallest absolute Gasteiger partial charge is 0.105 e. The Morgan fingerprint density at radius 3 is 2.68 bits per heavy atom. The highest BCUT2D eigenvalue weighted by Gasteiger charge is 2.17. The van der Waals surface area contributed by atoms with Crippen LogP contribution in [0, 0.1) is 6.92 Å². The summed E-state index contributed by atoms with van der Waals surface area (Å²) in [4.78, 5) is 0. The van der Waals surface area contributed by atoms with E-state index in [0.29, 0.717) is 5.02 Å². The molecule has 1 aromatic heterocycles. The molecule has 0 aliphatic rings. The fraction of sp³-hybridized carbons (Fsp3) is 0.333. The average Bonchev–Trinajstić information content (AvgIpc) is 2.79. The summed E-state index contributed by atoms with van der Waals surface area (Å²) >= 11 is 12.3. The van der Waals surface area contributed by atoms with Crippen LogP contribution in [0.3, 0.4) is 0 Å². The van der Waals surface area contributed by atoms with Crippen molar-refractivity contribution in [3.05, 3.63) is 57.5 Å². The lowest BCUT2D eigenvalue weighted by Gasteiger charge is -2.18. The summed E-state index contributed by atoms with van der Waals surface area (Å²) in [5, 5.41) is 4.91. The highest BCUT2D eigenvalue weighted by atomic mass is 35.5. The van der Waals surface area contributed by atoms with Gasteiger partial charge in [-0.15, -0.1) is 0 Å². The van der Waals surface area contributed by atoms with Crippen LogP contribution in [0.4, 0.5) is 0 Å². The highest BCUT2D eigenvalue weighted by molar-refractivity contribution is 6.33. The SMILES string of the molecule is CCNC(Cc1cc(Cl)ccc1Cl)c1ccoc1C. The van der Waals surface area contributed by atoms with Crippen molar-refractivity contribution in [2.24, 2.45) is 0 Å². The molecule has 0 saturated carbocycles. The maximum absolute atomic E-state index is 6.23. The third-order valence-electron chi connectivity index (χ3n) is 3.16. The van der Waals surface area contributed by atoms with Gasteiger partial charge in [-0.05, 0) is 49.7 Å². The summed E-state index contributed by atoms with van der Waals surface area (Å²) < 4.78 is 5.38. The molecular formula is C15H17Cl2NO. The lowest BCUT2D eigenvalue weighted by molar-refractivity contribution is 0.501. The largest absolute Gasteiger partial charge is 0.469 e. The van der Waals surface area contributed by atoms with Gasteiger partial charge in [0.15, 0.2) is 0 Å². The van der Waals surface area contributed by atoms with Crippen LogP contribution in [0.5, 0.6) is 0 Å². The molecule has 2 nitrogen and oxygen atoms in total. The van der Waals surface area contributed by atoms with Crippen molar-refractivity contribution in [1.29, 1.82) is 0 Å². The van der Waals surface area contributed by atoms with E-state index in [2.05, 4.69) is 12.2 Å². The third kappa shape index (κ3) is 3.53. The average molecular weight is 298 g/mol. The van der Waals surface area contributed by atoms with E-state index in [1.54, 1.807) is 12.3 Å². The van der Waals surface area contributed by atoms with Crippen LogP contribution in [0.15, 0.2) is 34.9 Å². The van der Waals surface area contributed by atoms with Gasteiger partial charge in [-0.25, -0.2) is 0 Å². The minimum Gasteiger partial charge on any atom is -0.469 e. The Kier molecular flexibility index (Phi) is 4.92. The van der Waals surface area contributed by atoms with Crippen molar-refractivity contribution >= 4 is 23.2 Å². The number of benzene rings is 1. The van der Waals surface area contributed by atoms with Crippen LogP contribution >= 0.6 is 23.2 Å². The van der Waals surface area contributed by atoms with E-state index in [0.717, 1.165) is 34.9 Å². The summed E-state index contributed by atoms with van der Waals surface area (Å²) in [5.41, 5.74) is 2.21. The maximum atomic E-state index is 6.23. The molecule has 4 heteroatoms. The first-order valence-corrected chi connectivity index (χ1v) is 7.08. The van der Waals surface area contributed by atoms with Crippen molar-refractivity contribution in [3.8, 4) is 0 Å². The van der Waals surface area contributed by atoms with Crippen LogP contribution in [-0.4, -0.2) is 6.54 Å². The molecule has 0 aliphatic carbocycles. The summed E-state index contributed by atoms with van der Waals surface area (Å²) in [6, 6.07) is 7.74. The van der Waals surface area contributed by atoms with E-state index in [-0.39, 0.29) is 6.04 Å². The first-order valence-electron chi connectivity index (χ1n) is 6.33. The number of aryl methyl sites for hydroxylation is 1. The molecule has 1 unspecified atom stereocenters. The van der Waals surface area contributed by atoms with Gasteiger partial charge in [-0.1, -0.05) is 30.1 Å². The number of halogens is 2. The molecule has 2 aromatic rings. The highest BCUT2D eigenvalue weighted by Crippen LogP contribution is 2.28. The summed E-state index contributed by atoms with van der Waals surface area (Å²) in [6.45, 7) is 4.94.